The predicted octanol–water partition coefficient (Wildman–Crippen LogP) is 6.90. The Morgan fingerprint density at radius 1 is 0.396 bits per heavy atom. The molecule has 6 saturated heterocycles. The van der Waals surface area contributed by atoms with E-state index in [0.717, 1.165) is 118 Å². The first-order chi connectivity index (χ1) is 55.0. The van der Waals surface area contributed by atoms with Crippen LogP contribution in [0.5, 0.6) is 17.2 Å². The molecule has 9 aliphatic heterocycles. The van der Waals surface area contributed by atoms with Gasteiger partial charge in [0.1, 0.15) is 52.8 Å². The lowest BCUT2D eigenvalue weighted by molar-refractivity contribution is -0.138. The van der Waals surface area contributed by atoms with Crippen molar-refractivity contribution in [2.45, 2.75) is 115 Å². The number of hydrogen-bond acceptors (Lipinski definition) is 21. The van der Waals surface area contributed by atoms with Gasteiger partial charge in [0, 0.05) is 185 Å². The van der Waals surface area contributed by atoms with E-state index >= 15 is 0 Å². The lowest BCUT2D eigenvalue weighted by Crippen LogP contribution is -2.52. The molecule has 27 nitrogen and oxygen atoms in total. The van der Waals surface area contributed by atoms with E-state index in [2.05, 4.69) is 46.6 Å². The van der Waals surface area contributed by atoms with Crippen LogP contribution in [0.2, 0.25) is 0 Å². The first-order valence-corrected chi connectivity index (χ1v) is 37.8. The largest absolute Gasteiger partial charge is 0.494 e. The van der Waals surface area contributed by atoms with E-state index in [-0.39, 0.29) is 95.2 Å². The second kappa shape index (κ2) is 37.5. The molecule has 0 bridgehead atoms. The van der Waals surface area contributed by atoms with Crippen molar-refractivity contribution in [3.8, 4) is 17.2 Å². The van der Waals surface area contributed by atoms with Crippen molar-refractivity contribution in [2.75, 3.05) is 134 Å². The van der Waals surface area contributed by atoms with Crippen LogP contribution in [0.25, 0.3) is 0 Å². The summed E-state index contributed by atoms with van der Waals surface area (Å²) in [7, 11) is 0. The minimum Gasteiger partial charge on any atom is -0.494 e. The van der Waals surface area contributed by atoms with Gasteiger partial charge in [0.05, 0.1) is 63.6 Å². The number of anilines is 3. The predicted molar refractivity (Wildman–Crippen MR) is 401 cm³/mol. The number of ether oxygens (including phenoxy) is 6. The second-order valence-electron chi connectivity index (χ2n) is 27.9. The molecule has 6 aromatic rings. The van der Waals surface area contributed by atoms with Crippen LogP contribution in [0.3, 0.4) is 0 Å². The first-order valence-electron chi connectivity index (χ1n) is 39.3. The summed E-state index contributed by atoms with van der Waals surface area (Å²) in [5, 5.41) is 16.1. The number of carbonyl (C=O) groups is 9. The van der Waals surface area contributed by atoms with Gasteiger partial charge < -0.3 is 59.1 Å². The topological polar surface area (TPSA) is 301 Å². The number of amides is 9. The third-order valence-corrected chi connectivity index (χ3v) is 20.6. The van der Waals surface area contributed by atoms with Gasteiger partial charge in [-0.3, -0.25) is 73.8 Å². The maximum atomic E-state index is 14.6. The van der Waals surface area contributed by atoms with Crippen molar-refractivity contribution in [3.05, 3.63) is 177 Å². The van der Waals surface area contributed by atoms with Crippen LogP contribution in [-0.2, 0) is 82.2 Å². The summed E-state index contributed by atoms with van der Waals surface area (Å²) in [6, 6.07) is 23.7. The number of piperidine rings is 3. The van der Waals surface area contributed by atoms with Crippen molar-refractivity contribution in [2.24, 2.45) is 0 Å². The minimum absolute atomic E-state index is 0.00855. The molecule has 30 heteroatoms. The summed E-state index contributed by atoms with van der Waals surface area (Å²) >= 11 is 0. The zero-order valence-corrected chi connectivity index (χ0v) is 61.7. The van der Waals surface area contributed by atoms with Gasteiger partial charge in [-0.25, -0.2) is 13.2 Å². The molecule has 9 heterocycles. The van der Waals surface area contributed by atoms with Crippen molar-refractivity contribution in [1.29, 1.82) is 0 Å². The molecular formula is C81H93F3N12O15. The summed E-state index contributed by atoms with van der Waals surface area (Å²) in [6.07, 6.45) is 2.35. The van der Waals surface area contributed by atoms with Crippen molar-refractivity contribution in [1.82, 2.24) is 45.3 Å². The molecule has 6 N–H and O–H groups in total. The number of rotatable bonds is 27. The zero-order chi connectivity index (χ0) is 80.1. The smallest absolute Gasteiger partial charge is 0.255 e. The molecule has 6 aromatic carbocycles. The summed E-state index contributed by atoms with van der Waals surface area (Å²) in [5.41, 5.74) is 6.11. The molecular weight excluding hydrogens is 1440 g/mol. The second-order valence-corrected chi connectivity index (χ2v) is 27.9. The van der Waals surface area contributed by atoms with Gasteiger partial charge >= 0.3 is 0 Å². The molecule has 0 aliphatic carbocycles. The van der Waals surface area contributed by atoms with Crippen LogP contribution in [0.4, 0.5) is 30.2 Å². The molecule has 3 atom stereocenters. The Morgan fingerprint density at radius 3 is 0.946 bits per heavy atom. The number of nitrogens with zero attached hydrogens (tertiary/aromatic N) is 6. The van der Waals surface area contributed by atoms with Crippen molar-refractivity contribution in [3.63, 3.8) is 0 Å². The Hall–Kier alpha value is -10.5. The fourth-order valence-corrected chi connectivity index (χ4v) is 14.6. The van der Waals surface area contributed by atoms with E-state index < -0.39 is 71.2 Å². The minimum atomic E-state index is -1.86. The van der Waals surface area contributed by atoms with Gasteiger partial charge in [0.25, 0.3) is 17.7 Å². The fourth-order valence-electron chi connectivity index (χ4n) is 14.6. The first kappa shape index (κ1) is 74.6. The molecule has 111 heavy (non-hydrogen) atoms. The van der Waals surface area contributed by atoms with E-state index in [1.165, 1.54) is 32.9 Å². The van der Waals surface area contributed by atoms with E-state index in [4.69, 9.17) is 32.5 Å². The lowest BCUT2D eigenvalue weighted by atomic mass is 10.0. The van der Waals surface area contributed by atoms with Crippen LogP contribution in [0.1, 0.15) is 126 Å². The molecule has 6 fully saturated rings. The summed E-state index contributed by atoms with van der Waals surface area (Å²) in [6.45, 7) is 15.0. The van der Waals surface area contributed by atoms with Gasteiger partial charge in [0.2, 0.25) is 35.4 Å². The van der Waals surface area contributed by atoms with Crippen molar-refractivity contribution < 1.29 is 88.9 Å². The highest BCUT2D eigenvalue weighted by Crippen LogP contribution is 2.37. The third kappa shape index (κ3) is 20.0. The summed E-state index contributed by atoms with van der Waals surface area (Å²) in [4.78, 5) is 122. The molecule has 588 valence electrons. The SMILES string of the molecule is [2H]C1(N2Cc3c(NCc4cc(OCCCN5CCOCC5)ccc4F)cccc3C2=O)CCC(=O)NC1=O.[2H][C@@]1(N2Cc3c(NCc4cc(OCCCN5CCOCC5)ccc4F)cccc3C2=O)CCC(=O)NC1=O.[2H][C@]1(N2Cc3c(NCc4cc(OCCCN5CCOCC5)ccc4F)cccc3C2=O)CCC(=O)NC1=O. The van der Waals surface area contributed by atoms with E-state index in [9.17, 15) is 56.3 Å². The van der Waals surface area contributed by atoms with E-state index in [1.54, 1.807) is 91.0 Å². The molecule has 15 rings (SSSR count). The van der Waals surface area contributed by atoms with E-state index in [1.807, 2.05) is 0 Å². The van der Waals surface area contributed by atoms with Crippen LogP contribution in [0, 0.1) is 17.5 Å². The Bertz CT molecular complexity index is 4160. The molecule has 9 aliphatic rings. The van der Waals surface area contributed by atoms with Crippen LogP contribution >= 0.6 is 0 Å². The average molecular weight is 1530 g/mol. The normalized spacial score (nSPS) is 22.5. The quantitative estimate of drug-likeness (QED) is 0.0226. The molecule has 0 aromatic heterocycles. The van der Waals surface area contributed by atoms with Gasteiger partial charge in [-0.2, -0.15) is 0 Å². The van der Waals surface area contributed by atoms with Crippen LogP contribution in [-0.4, -0.2) is 219 Å². The zero-order valence-electron chi connectivity index (χ0n) is 64.7. The highest BCUT2D eigenvalue weighted by atomic mass is 19.1. The Labute approximate surface area is 645 Å². The number of halogens is 3. The Morgan fingerprint density at radius 2 is 0.676 bits per heavy atom. The summed E-state index contributed by atoms with van der Waals surface area (Å²) in [5.74, 6) is -4.46. The van der Waals surface area contributed by atoms with Gasteiger partial charge in [0.15, 0.2) is 0 Å². The van der Waals surface area contributed by atoms with Gasteiger partial charge in [-0.05, 0) is 130 Å². The number of carbonyl (C=O) groups excluding carboxylic acids is 9. The summed E-state index contributed by atoms with van der Waals surface area (Å²) < 4.78 is 103. The average Bonchev–Trinajstić information content (AvgIpc) is 1.59. The monoisotopic (exact) mass is 1530 g/mol. The van der Waals surface area contributed by atoms with Crippen LogP contribution in [0.15, 0.2) is 109 Å². The highest BCUT2D eigenvalue weighted by Gasteiger charge is 2.43. The number of morpholine rings is 3. The number of imide groups is 3. The standard InChI is InChI=1S/3C27H31FN4O5/c3*28-22-6-5-19(37-12-2-9-31-10-13-36-14-11-31)15-18(22)16-29-23-4-1-3-20-21(23)17-32(27(20)35)24-7-8-25(33)30-26(24)34/h3*1,3-6,15,24,29H,2,7-14,16-17H2,(H,30,33,34)/t2*24-;/m10./s1/i3*24D. The third-order valence-electron chi connectivity index (χ3n) is 20.6. The Balaban J connectivity index is 0.000000149. The number of benzene rings is 6. The van der Waals surface area contributed by atoms with Gasteiger partial charge in [-0.1, -0.05) is 18.2 Å². The fraction of sp³-hybridized carbons (Fsp3) is 0.444. The molecule has 1 unspecified atom stereocenters. The lowest BCUT2D eigenvalue weighted by Gasteiger charge is -2.29. The van der Waals surface area contributed by atoms with E-state index in [0.29, 0.717) is 104 Å². The highest BCUT2D eigenvalue weighted by molar-refractivity contribution is 6.08. The number of nitrogens with one attached hydrogen (secondary N) is 6. The van der Waals surface area contributed by atoms with Gasteiger partial charge in [-0.15, -0.1) is 0 Å². The van der Waals surface area contributed by atoms with Crippen LogP contribution < -0.4 is 46.1 Å². The molecule has 9 amide bonds. The molecule has 0 spiro atoms. The number of hydrogen-bond donors (Lipinski definition) is 6. The maximum Gasteiger partial charge on any atom is 0.255 e. The maximum absolute atomic E-state index is 14.6. The molecule has 0 saturated carbocycles. The Kier molecular flexibility index (Phi) is 25.2. The number of fused-ring (bicyclic) bond motifs is 3. The van der Waals surface area contributed by atoms with Crippen molar-refractivity contribution >= 4 is 70.2 Å². The molecule has 0 radical (unpaired) electrons.